The second kappa shape index (κ2) is 6.19. The van der Waals surface area contributed by atoms with Gasteiger partial charge < -0.3 is 15.6 Å². The number of nitrogens with zero attached hydrogens (tertiary/aromatic N) is 4. The van der Waals surface area contributed by atoms with Crippen LogP contribution in [-0.2, 0) is 6.54 Å². The Kier molecular flexibility index (Phi) is 4.11. The summed E-state index contributed by atoms with van der Waals surface area (Å²) < 4.78 is 2.22. The Bertz CT molecular complexity index is 778. The van der Waals surface area contributed by atoms with Crippen LogP contribution in [0, 0.1) is 6.92 Å². The molecule has 0 amide bonds. The minimum atomic E-state index is 0.173. The van der Waals surface area contributed by atoms with Gasteiger partial charge in [0.15, 0.2) is 0 Å². The number of aryl methyl sites for hydroxylation is 2. The van der Waals surface area contributed by atoms with Crippen molar-refractivity contribution in [2.45, 2.75) is 19.9 Å². The van der Waals surface area contributed by atoms with Crippen LogP contribution in [0.15, 0.2) is 30.3 Å². The average Bonchev–Trinajstić information content (AvgIpc) is 2.78. The molecule has 0 bridgehead atoms. The Balaban J connectivity index is 1.62. The number of nitrogen functional groups attached to an aromatic ring is 1. The van der Waals surface area contributed by atoms with E-state index < -0.39 is 0 Å². The normalized spacial score (nSPS) is 11.0. The monoisotopic (exact) mass is 316 g/mol. The van der Waals surface area contributed by atoms with E-state index in [0.717, 1.165) is 36.4 Å². The van der Waals surface area contributed by atoms with Gasteiger partial charge in [-0.15, -0.1) is 0 Å². The molecule has 114 valence electrons. The predicted octanol–water partition coefficient (Wildman–Crippen LogP) is 2.87. The van der Waals surface area contributed by atoms with Gasteiger partial charge in [0.05, 0.1) is 11.0 Å². The largest absolute Gasteiger partial charge is 0.370 e. The van der Waals surface area contributed by atoms with Crippen molar-refractivity contribution in [2.75, 3.05) is 17.6 Å². The van der Waals surface area contributed by atoms with E-state index in [2.05, 4.69) is 30.9 Å². The van der Waals surface area contributed by atoms with E-state index in [0.29, 0.717) is 11.0 Å². The van der Waals surface area contributed by atoms with E-state index >= 15 is 0 Å². The number of anilines is 2. The molecule has 3 aromatic rings. The van der Waals surface area contributed by atoms with Gasteiger partial charge in [-0.05, 0) is 25.5 Å². The number of fused-ring (bicyclic) bond motifs is 1. The van der Waals surface area contributed by atoms with Crippen LogP contribution in [0.1, 0.15) is 12.2 Å². The van der Waals surface area contributed by atoms with Crippen molar-refractivity contribution in [2.24, 2.45) is 0 Å². The van der Waals surface area contributed by atoms with E-state index in [-0.39, 0.29) is 5.95 Å². The van der Waals surface area contributed by atoms with Gasteiger partial charge in [-0.2, -0.15) is 4.98 Å². The van der Waals surface area contributed by atoms with Crippen LogP contribution >= 0.6 is 11.6 Å². The van der Waals surface area contributed by atoms with Gasteiger partial charge in [0.1, 0.15) is 16.8 Å². The van der Waals surface area contributed by atoms with E-state index in [1.807, 2.05) is 25.1 Å². The minimum Gasteiger partial charge on any atom is -0.370 e. The predicted molar refractivity (Wildman–Crippen MR) is 89.0 cm³/mol. The Morgan fingerprint density at radius 2 is 2.05 bits per heavy atom. The SMILES string of the molecule is Cc1nc2ccccc2n1CCCNc1cc(Cl)nc(N)n1. The lowest BCUT2D eigenvalue weighted by molar-refractivity contribution is 0.658. The summed E-state index contributed by atoms with van der Waals surface area (Å²) in [6.07, 6.45) is 0.933. The molecule has 3 rings (SSSR count). The standard InChI is InChI=1S/C15H17ClN6/c1-10-19-11-5-2-3-6-12(11)22(10)8-4-7-18-14-9-13(16)20-15(17)21-14/h2-3,5-6,9H,4,7-8H2,1H3,(H3,17,18,20,21). The summed E-state index contributed by atoms with van der Waals surface area (Å²) in [6, 6.07) is 9.82. The van der Waals surface area contributed by atoms with Gasteiger partial charge >= 0.3 is 0 Å². The van der Waals surface area contributed by atoms with Gasteiger partial charge in [0.25, 0.3) is 0 Å². The van der Waals surface area contributed by atoms with Crippen molar-refractivity contribution < 1.29 is 0 Å². The fraction of sp³-hybridized carbons (Fsp3) is 0.267. The fourth-order valence-electron chi connectivity index (χ4n) is 2.46. The number of rotatable bonds is 5. The topological polar surface area (TPSA) is 81.7 Å². The number of halogens is 1. The van der Waals surface area contributed by atoms with Crippen molar-refractivity contribution >= 4 is 34.4 Å². The number of imidazole rings is 1. The Hall–Kier alpha value is -2.34. The lowest BCUT2D eigenvalue weighted by atomic mass is 10.3. The highest BCUT2D eigenvalue weighted by Crippen LogP contribution is 2.16. The van der Waals surface area contributed by atoms with Crippen molar-refractivity contribution in [1.82, 2.24) is 19.5 Å². The highest BCUT2D eigenvalue weighted by molar-refractivity contribution is 6.29. The molecule has 7 heteroatoms. The lowest BCUT2D eigenvalue weighted by Crippen LogP contribution is -2.09. The van der Waals surface area contributed by atoms with Crippen LogP contribution in [0.25, 0.3) is 11.0 Å². The third-order valence-corrected chi connectivity index (χ3v) is 3.62. The van der Waals surface area contributed by atoms with Crippen molar-refractivity contribution in [1.29, 1.82) is 0 Å². The molecule has 3 N–H and O–H groups in total. The molecule has 22 heavy (non-hydrogen) atoms. The molecular formula is C15H17ClN6. The quantitative estimate of drug-likeness (QED) is 0.558. The van der Waals surface area contributed by atoms with Crippen LogP contribution in [0.5, 0.6) is 0 Å². The van der Waals surface area contributed by atoms with Gasteiger partial charge in [-0.25, -0.2) is 9.97 Å². The van der Waals surface area contributed by atoms with Crippen LogP contribution in [0.3, 0.4) is 0 Å². The van der Waals surface area contributed by atoms with Crippen LogP contribution < -0.4 is 11.1 Å². The molecule has 0 aliphatic rings. The molecule has 2 aromatic heterocycles. The molecule has 0 saturated heterocycles. The Morgan fingerprint density at radius 1 is 1.23 bits per heavy atom. The number of hydrogen-bond donors (Lipinski definition) is 2. The molecule has 0 saturated carbocycles. The summed E-state index contributed by atoms with van der Waals surface area (Å²) in [5.41, 5.74) is 7.76. The summed E-state index contributed by atoms with van der Waals surface area (Å²) in [4.78, 5) is 12.5. The maximum Gasteiger partial charge on any atom is 0.223 e. The first-order chi connectivity index (χ1) is 10.6. The summed E-state index contributed by atoms with van der Waals surface area (Å²) in [7, 11) is 0. The lowest BCUT2D eigenvalue weighted by Gasteiger charge is -2.09. The van der Waals surface area contributed by atoms with Crippen LogP contribution in [-0.4, -0.2) is 26.1 Å². The van der Waals surface area contributed by atoms with Gasteiger partial charge in [0.2, 0.25) is 5.95 Å². The molecule has 1 aromatic carbocycles. The minimum absolute atomic E-state index is 0.173. The summed E-state index contributed by atoms with van der Waals surface area (Å²) in [5.74, 6) is 1.84. The van der Waals surface area contributed by atoms with Gasteiger partial charge in [-0.3, -0.25) is 0 Å². The molecule has 0 aliphatic carbocycles. The number of benzene rings is 1. The highest BCUT2D eigenvalue weighted by atomic mass is 35.5. The van der Waals surface area contributed by atoms with E-state index in [1.165, 1.54) is 0 Å². The zero-order valence-electron chi connectivity index (χ0n) is 12.3. The van der Waals surface area contributed by atoms with E-state index in [9.17, 15) is 0 Å². The van der Waals surface area contributed by atoms with Crippen LogP contribution in [0.2, 0.25) is 5.15 Å². The van der Waals surface area contributed by atoms with Crippen molar-refractivity contribution in [3.05, 3.63) is 41.3 Å². The Morgan fingerprint density at radius 3 is 2.86 bits per heavy atom. The maximum atomic E-state index is 5.85. The Labute approximate surface area is 133 Å². The molecule has 0 spiro atoms. The second-order valence-electron chi connectivity index (χ2n) is 5.01. The van der Waals surface area contributed by atoms with Gasteiger partial charge in [-0.1, -0.05) is 23.7 Å². The summed E-state index contributed by atoms with van der Waals surface area (Å²) >= 11 is 5.85. The number of nitrogens with two attached hydrogens (primary N) is 1. The molecule has 0 unspecified atom stereocenters. The number of hydrogen-bond acceptors (Lipinski definition) is 5. The molecule has 6 nitrogen and oxygen atoms in total. The first-order valence-corrected chi connectivity index (χ1v) is 7.47. The first kappa shape index (κ1) is 14.6. The zero-order chi connectivity index (χ0) is 15.5. The highest BCUT2D eigenvalue weighted by Gasteiger charge is 2.06. The molecule has 0 fully saturated rings. The van der Waals surface area contributed by atoms with Gasteiger partial charge in [0, 0.05) is 19.2 Å². The molecular weight excluding hydrogens is 300 g/mol. The van der Waals surface area contributed by atoms with Crippen molar-refractivity contribution in [3.63, 3.8) is 0 Å². The van der Waals surface area contributed by atoms with Crippen molar-refractivity contribution in [3.8, 4) is 0 Å². The molecule has 0 radical (unpaired) electrons. The smallest absolute Gasteiger partial charge is 0.223 e. The number of aromatic nitrogens is 4. The number of para-hydroxylation sites is 2. The number of nitrogens with one attached hydrogen (secondary N) is 1. The maximum absolute atomic E-state index is 5.85. The van der Waals surface area contributed by atoms with E-state index in [4.69, 9.17) is 17.3 Å². The molecule has 2 heterocycles. The summed E-state index contributed by atoms with van der Waals surface area (Å²) in [5, 5.41) is 3.55. The average molecular weight is 317 g/mol. The third-order valence-electron chi connectivity index (χ3n) is 3.42. The third kappa shape index (κ3) is 3.12. The fourth-order valence-corrected chi connectivity index (χ4v) is 2.65. The molecule has 0 aliphatic heterocycles. The van der Waals surface area contributed by atoms with E-state index in [1.54, 1.807) is 6.07 Å². The second-order valence-corrected chi connectivity index (χ2v) is 5.40. The first-order valence-electron chi connectivity index (χ1n) is 7.09. The van der Waals surface area contributed by atoms with Crippen LogP contribution in [0.4, 0.5) is 11.8 Å². The molecule has 0 atom stereocenters. The zero-order valence-corrected chi connectivity index (χ0v) is 13.0. The summed E-state index contributed by atoms with van der Waals surface area (Å²) in [6.45, 7) is 3.67.